The first-order valence-electron chi connectivity index (χ1n) is 6.03. The molecule has 0 aliphatic heterocycles. The normalized spacial score (nSPS) is 11.0. The number of furan rings is 1. The Morgan fingerprint density at radius 2 is 1.95 bits per heavy atom. The topological polar surface area (TPSA) is 95.2 Å². The molecule has 21 heavy (non-hydrogen) atoms. The van der Waals surface area contributed by atoms with Crippen LogP contribution in [-0.2, 0) is 0 Å². The molecule has 7 heteroatoms. The molecular formula is C14H9N3O4. The lowest BCUT2D eigenvalue weighted by atomic mass is 10.2. The van der Waals surface area contributed by atoms with E-state index in [-0.39, 0.29) is 23.0 Å². The van der Waals surface area contributed by atoms with E-state index >= 15 is 0 Å². The van der Waals surface area contributed by atoms with E-state index in [4.69, 9.17) is 8.83 Å². The Morgan fingerprint density at radius 1 is 1.10 bits per heavy atom. The second kappa shape index (κ2) is 5.41. The summed E-state index contributed by atoms with van der Waals surface area (Å²) in [6.45, 7) is 0. The van der Waals surface area contributed by atoms with E-state index in [0.717, 1.165) is 0 Å². The minimum Gasteiger partial charge on any atom is -0.465 e. The van der Waals surface area contributed by atoms with Crippen LogP contribution in [0.1, 0.15) is 11.7 Å². The third-order valence-electron chi connectivity index (χ3n) is 2.71. The van der Waals surface area contributed by atoms with Crippen LogP contribution in [0.5, 0.6) is 0 Å². The van der Waals surface area contributed by atoms with Crippen molar-refractivity contribution in [3.05, 3.63) is 64.4 Å². The number of nitro groups is 1. The van der Waals surface area contributed by atoms with E-state index in [9.17, 15) is 10.1 Å². The highest BCUT2D eigenvalue weighted by Crippen LogP contribution is 2.28. The molecule has 0 radical (unpaired) electrons. The fourth-order valence-corrected chi connectivity index (χ4v) is 1.76. The smallest absolute Gasteiger partial charge is 0.282 e. The average molecular weight is 283 g/mol. The van der Waals surface area contributed by atoms with Gasteiger partial charge in [-0.15, -0.1) is 10.2 Å². The second-order valence-electron chi connectivity index (χ2n) is 4.07. The van der Waals surface area contributed by atoms with E-state index in [0.29, 0.717) is 5.76 Å². The molecule has 2 aromatic heterocycles. The number of nitro benzene ring substituents is 1. The standard InChI is InChI=1S/C14H9N3O4/c18-17(19)12-6-2-1-5-11(12)14-16-15-13(21-14)8-7-10-4-3-9-20-10/h1-9H. The van der Waals surface area contributed by atoms with E-state index in [2.05, 4.69) is 10.2 Å². The van der Waals surface area contributed by atoms with Gasteiger partial charge in [0.05, 0.1) is 11.2 Å². The van der Waals surface area contributed by atoms with Gasteiger partial charge in [-0.2, -0.15) is 0 Å². The van der Waals surface area contributed by atoms with Crippen molar-refractivity contribution >= 4 is 17.8 Å². The Bertz CT molecular complexity index is 790. The highest BCUT2D eigenvalue weighted by atomic mass is 16.6. The molecule has 0 aliphatic carbocycles. The lowest BCUT2D eigenvalue weighted by Gasteiger charge is -1.96. The highest BCUT2D eigenvalue weighted by Gasteiger charge is 2.18. The molecule has 3 aromatic rings. The van der Waals surface area contributed by atoms with Gasteiger partial charge in [-0.3, -0.25) is 10.1 Å². The maximum atomic E-state index is 11.0. The second-order valence-corrected chi connectivity index (χ2v) is 4.07. The Hall–Kier alpha value is -3.22. The summed E-state index contributed by atoms with van der Waals surface area (Å²) in [7, 11) is 0. The number of para-hydroxylation sites is 1. The number of hydrogen-bond acceptors (Lipinski definition) is 6. The van der Waals surface area contributed by atoms with Gasteiger partial charge < -0.3 is 8.83 Å². The molecule has 2 heterocycles. The lowest BCUT2D eigenvalue weighted by molar-refractivity contribution is -0.384. The quantitative estimate of drug-likeness (QED) is 0.537. The van der Waals surface area contributed by atoms with Gasteiger partial charge in [0.25, 0.3) is 11.6 Å². The summed E-state index contributed by atoms with van der Waals surface area (Å²) in [6, 6.07) is 9.73. The molecule has 0 aliphatic rings. The fraction of sp³-hybridized carbons (Fsp3) is 0. The zero-order valence-corrected chi connectivity index (χ0v) is 10.7. The predicted molar refractivity (Wildman–Crippen MR) is 74.0 cm³/mol. The minimum absolute atomic E-state index is 0.0808. The summed E-state index contributed by atoms with van der Waals surface area (Å²) in [5, 5.41) is 18.6. The molecule has 7 nitrogen and oxygen atoms in total. The van der Waals surface area contributed by atoms with Crippen molar-refractivity contribution in [2.75, 3.05) is 0 Å². The van der Waals surface area contributed by atoms with Crippen LogP contribution in [0.15, 0.2) is 51.5 Å². The Kier molecular flexibility index (Phi) is 3.30. The average Bonchev–Trinajstić information content (AvgIpc) is 3.16. The minimum atomic E-state index is -0.488. The first-order valence-corrected chi connectivity index (χ1v) is 6.03. The largest absolute Gasteiger partial charge is 0.465 e. The maximum absolute atomic E-state index is 11.0. The van der Waals surface area contributed by atoms with Gasteiger partial charge in [0.15, 0.2) is 0 Å². The van der Waals surface area contributed by atoms with E-state index < -0.39 is 4.92 Å². The van der Waals surface area contributed by atoms with Crippen molar-refractivity contribution in [3.8, 4) is 11.5 Å². The van der Waals surface area contributed by atoms with Crippen molar-refractivity contribution in [2.45, 2.75) is 0 Å². The molecule has 0 N–H and O–H groups in total. The number of hydrogen-bond donors (Lipinski definition) is 0. The van der Waals surface area contributed by atoms with Crippen LogP contribution < -0.4 is 0 Å². The first-order chi connectivity index (χ1) is 10.2. The predicted octanol–water partition coefficient (Wildman–Crippen LogP) is 3.41. The molecule has 1 aromatic carbocycles. The summed E-state index contributed by atoms with van der Waals surface area (Å²) in [5.74, 6) is 0.974. The Labute approximate surface area is 118 Å². The number of aromatic nitrogens is 2. The molecule has 0 unspecified atom stereocenters. The lowest BCUT2D eigenvalue weighted by Crippen LogP contribution is -1.91. The van der Waals surface area contributed by atoms with Crippen LogP contribution in [0.4, 0.5) is 5.69 Å². The summed E-state index contributed by atoms with van der Waals surface area (Å²) in [6.07, 6.45) is 4.78. The molecule has 0 saturated carbocycles. The molecule has 104 valence electrons. The van der Waals surface area contributed by atoms with Gasteiger partial charge >= 0.3 is 0 Å². The zero-order chi connectivity index (χ0) is 14.7. The van der Waals surface area contributed by atoms with E-state index in [1.54, 1.807) is 48.7 Å². The van der Waals surface area contributed by atoms with Gasteiger partial charge in [0, 0.05) is 12.1 Å². The van der Waals surface area contributed by atoms with E-state index in [1.165, 1.54) is 6.07 Å². The van der Waals surface area contributed by atoms with Crippen molar-refractivity contribution in [1.82, 2.24) is 10.2 Å². The molecule has 0 amide bonds. The third-order valence-corrected chi connectivity index (χ3v) is 2.71. The van der Waals surface area contributed by atoms with Crippen molar-refractivity contribution in [1.29, 1.82) is 0 Å². The van der Waals surface area contributed by atoms with Crippen molar-refractivity contribution in [2.24, 2.45) is 0 Å². The molecular weight excluding hydrogens is 274 g/mol. The molecule has 3 rings (SSSR count). The fourth-order valence-electron chi connectivity index (χ4n) is 1.76. The van der Waals surface area contributed by atoms with Crippen molar-refractivity contribution in [3.63, 3.8) is 0 Å². The summed E-state index contributed by atoms with van der Waals surface area (Å²) in [5.41, 5.74) is 0.204. The van der Waals surface area contributed by atoms with Crippen LogP contribution >= 0.6 is 0 Å². The number of rotatable bonds is 4. The number of nitrogens with zero attached hydrogens (tertiary/aromatic N) is 3. The maximum Gasteiger partial charge on any atom is 0.282 e. The van der Waals surface area contributed by atoms with E-state index in [1.807, 2.05) is 0 Å². The molecule has 0 atom stereocenters. The first kappa shape index (κ1) is 12.8. The molecule has 0 saturated heterocycles. The molecule has 0 bridgehead atoms. The highest BCUT2D eigenvalue weighted by molar-refractivity contribution is 5.68. The van der Waals surface area contributed by atoms with Crippen LogP contribution in [0.2, 0.25) is 0 Å². The Morgan fingerprint density at radius 3 is 2.71 bits per heavy atom. The summed E-state index contributed by atoms with van der Waals surface area (Å²) in [4.78, 5) is 10.5. The molecule has 0 spiro atoms. The van der Waals surface area contributed by atoms with Crippen LogP contribution in [-0.4, -0.2) is 15.1 Å². The van der Waals surface area contributed by atoms with Crippen LogP contribution in [0.25, 0.3) is 23.6 Å². The monoisotopic (exact) mass is 283 g/mol. The van der Waals surface area contributed by atoms with Crippen molar-refractivity contribution < 1.29 is 13.8 Å². The van der Waals surface area contributed by atoms with Crippen LogP contribution in [0, 0.1) is 10.1 Å². The van der Waals surface area contributed by atoms with Gasteiger partial charge in [-0.25, -0.2) is 0 Å². The van der Waals surface area contributed by atoms with Crippen LogP contribution in [0.3, 0.4) is 0 Å². The van der Waals surface area contributed by atoms with Gasteiger partial charge in [0.1, 0.15) is 11.3 Å². The number of benzene rings is 1. The van der Waals surface area contributed by atoms with Gasteiger partial charge in [-0.05, 0) is 24.3 Å². The van der Waals surface area contributed by atoms with Gasteiger partial charge in [0.2, 0.25) is 5.89 Å². The summed E-state index contributed by atoms with van der Waals surface area (Å²) < 4.78 is 10.5. The third kappa shape index (κ3) is 2.71. The van der Waals surface area contributed by atoms with Gasteiger partial charge in [-0.1, -0.05) is 12.1 Å². The Balaban J connectivity index is 1.90. The zero-order valence-electron chi connectivity index (χ0n) is 10.7. The SMILES string of the molecule is O=[N+]([O-])c1ccccc1-c1nnc(C=Cc2ccco2)o1. The molecule has 0 fully saturated rings. The summed E-state index contributed by atoms with van der Waals surface area (Å²) >= 11 is 0.